The lowest BCUT2D eigenvalue weighted by Crippen LogP contribution is -2.11. The van der Waals surface area contributed by atoms with Crippen molar-refractivity contribution in [3.05, 3.63) is 87.0 Å². The lowest BCUT2D eigenvalue weighted by atomic mass is 10.1. The minimum atomic E-state index is -0.236. The Balaban J connectivity index is 1.33. The summed E-state index contributed by atoms with van der Waals surface area (Å²) in [4.78, 5) is 21.9. The van der Waals surface area contributed by atoms with Crippen LogP contribution in [0.3, 0.4) is 0 Å². The third-order valence-electron chi connectivity index (χ3n) is 4.44. The Morgan fingerprint density at radius 1 is 1.19 bits per heavy atom. The molecule has 0 aliphatic carbocycles. The first-order chi connectivity index (χ1) is 15.0. The maximum absolute atomic E-state index is 12.5. The molecule has 0 aliphatic heterocycles. The van der Waals surface area contributed by atoms with E-state index in [0.29, 0.717) is 34.6 Å². The van der Waals surface area contributed by atoms with Gasteiger partial charge in [-0.05, 0) is 48.4 Å². The van der Waals surface area contributed by atoms with Gasteiger partial charge in [0.1, 0.15) is 5.75 Å². The highest BCUT2D eigenvalue weighted by molar-refractivity contribution is 7.15. The molecule has 4 rings (SSSR count). The zero-order valence-electron chi connectivity index (χ0n) is 16.9. The first-order valence-corrected chi connectivity index (χ1v) is 10.7. The van der Waals surface area contributed by atoms with E-state index >= 15 is 0 Å². The molecule has 0 radical (unpaired) electrons. The van der Waals surface area contributed by atoms with Crippen molar-refractivity contribution in [2.24, 2.45) is 0 Å². The van der Waals surface area contributed by atoms with E-state index in [2.05, 4.69) is 20.4 Å². The largest absolute Gasteiger partial charge is 0.485 e. The minimum Gasteiger partial charge on any atom is -0.485 e. The lowest BCUT2D eigenvalue weighted by molar-refractivity contribution is 0.102. The van der Waals surface area contributed by atoms with Crippen LogP contribution in [-0.4, -0.2) is 21.0 Å². The number of aromatic nitrogens is 3. The van der Waals surface area contributed by atoms with Gasteiger partial charge in [0.2, 0.25) is 11.7 Å². The molecular weight excluding hydrogens is 436 g/mol. The molecule has 0 saturated carbocycles. The maximum atomic E-state index is 12.5. The Morgan fingerprint density at radius 2 is 2.00 bits per heavy atom. The fourth-order valence-electron chi connectivity index (χ4n) is 2.81. The topological polar surface area (TPSA) is 90.1 Å². The number of aryl methyl sites for hydroxylation is 2. The van der Waals surface area contributed by atoms with Gasteiger partial charge in [0.05, 0.1) is 0 Å². The van der Waals surface area contributed by atoms with E-state index in [1.165, 1.54) is 11.3 Å². The Labute approximate surface area is 188 Å². The summed E-state index contributed by atoms with van der Waals surface area (Å²) < 4.78 is 10.5. The van der Waals surface area contributed by atoms with Crippen molar-refractivity contribution in [1.29, 1.82) is 0 Å². The molecule has 0 saturated heterocycles. The Bertz CT molecular complexity index is 1200. The van der Waals surface area contributed by atoms with Crippen LogP contribution in [0.5, 0.6) is 5.75 Å². The highest BCUT2D eigenvalue weighted by atomic mass is 35.5. The van der Waals surface area contributed by atoms with Crippen molar-refractivity contribution in [2.75, 3.05) is 5.32 Å². The summed E-state index contributed by atoms with van der Waals surface area (Å²) in [7, 11) is 0. The predicted molar refractivity (Wildman–Crippen MR) is 119 cm³/mol. The number of amides is 1. The van der Waals surface area contributed by atoms with Crippen LogP contribution in [0.1, 0.15) is 38.1 Å². The summed E-state index contributed by atoms with van der Waals surface area (Å²) in [6.45, 7) is 3.88. The number of nitrogens with zero attached hydrogens (tertiary/aromatic N) is 3. The molecule has 0 aliphatic rings. The van der Waals surface area contributed by atoms with Gasteiger partial charge in [-0.1, -0.05) is 28.9 Å². The van der Waals surface area contributed by atoms with Gasteiger partial charge in [0, 0.05) is 35.0 Å². The number of ether oxygens (including phenoxy) is 1. The molecule has 9 heteroatoms. The van der Waals surface area contributed by atoms with Gasteiger partial charge in [-0.15, -0.1) is 11.3 Å². The Hall–Kier alpha value is -3.23. The van der Waals surface area contributed by atoms with Crippen LogP contribution in [0, 0.1) is 13.8 Å². The van der Waals surface area contributed by atoms with Crippen LogP contribution < -0.4 is 10.1 Å². The number of rotatable bonds is 7. The summed E-state index contributed by atoms with van der Waals surface area (Å²) >= 11 is 7.63. The number of halogens is 1. The van der Waals surface area contributed by atoms with Crippen LogP contribution in [0.25, 0.3) is 0 Å². The molecule has 7 nitrogen and oxygen atoms in total. The second-order valence-corrected chi connectivity index (χ2v) is 8.41. The van der Waals surface area contributed by atoms with Gasteiger partial charge < -0.3 is 9.26 Å². The fourth-order valence-corrected chi connectivity index (χ4v) is 3.86. The highest BCUT2D eigenvalue weighted by Gasteiger charge is 2.11. The number of hydrogen-bond donors (Lipinski definition) is 1. The molecular formula is C22H19ClN4O3S. The molecule has 0 spiro atoms. The summed E-state index contributed by atoms with van der Waals surface area (Å²) in [5.41, 5.74) is 2.65. The molecule has 0 unspecified atom stereocenters. The van der Waals surface area contributed by atoms with Gasteiger partial charge in [-0.3, -0.25) is 10.1 Å². The second-order valence-electron chi connectivity index (χ2n) is 6.89. The molecule has 0 fully saturated rings. The maximum Gasteiger partial charge on any atom is 0.257 e. The fraction of sp³-hybridized carbons (Fsp3) is 0.182. The molecule has 2 aromatic carbocycles. The van der Waals surface area contributed by atoms with E-state index in [1.54, 1.807) is 37.4 Å². The SMILES string of the molecule is Cc1nc(COc2ccc(C(=O)Nc3ncc(Cc4ccc(C)c(Cl)c4)s3)cc2)no1. The van der Waals surface area contributed by atoms with Crippen molar-refractivity contribution >= 4 is 34.0 Å². The molecule has 0 atom stereocenters. The number of anilines is 1. The van der Waals surface area contributed by atoms with E-state index in [0.717, 1.165) is 21.0 Å². The third-order valence-corrected chi connectivity index (χ3v) is 5.76. The number of benzene rings is 2. The monoisotopic (exact) mass is 454 g/mol. The van der Waals surface area contributed by atoms with Gasteiger partial charge in [0.15, 0.2) is 11.7 Å². The van der Waals surface area contributed by atoms with Crippen LogP contribution in [0.4, 0.5) is 5.13 Å². The van der Waals surface area contributed by atoms with Gasteiger partial charge in [-0.25, -0.2) is 4.98 Å². The van der Waals surface area contributed by atoms with Gasteiger partial charge >= 0.3 is 0 Å². The number of carbonyl (C=O) groups is 1. The van der Waals surface area contributed by atoms with Crippen LogP contribution in [0.2, 0.25) is 5.02 Å². The molecule has 2 heterocycles. The predicted octanol–water partition coefficient (Wildman–Crippen LogP) is 5.22. The molecule has 2 aromatic heterocycles. The minimum absolute atomic E-state index is 0.191. The Kier molecular flexibility index (Phi) is 6.29. The van der Waals surface area contributed by atoms with Crippen molar-refractivity contribution < 1.29 is 14.1 Å². The van der Waals surface area contributed by atoms with Crippen molar-refractivity contribution in [1.82, 2.24) is 15.1 Å². The normalized spacial score (nSPS) is 10.8. The standard InChI is InChI=1S/C22H19ClN4O3S/c1-13-3-4-15(10-19(13)23)9-18-11-24-22(31-18)26-21(28)16-5-7-17(8-6-16)29-12-20-25-14(2)30-27-20/h3-8,10-11H,9,12H2,1-2H3,(H,24,26,28). The zero-order chi connectivity index (χ0) is 21.8. The van der Waals surface area contributed by atoms with Crippen LogP contribution in [0.15, 0.2) is 53.2 Å². The first-order valence-electron chi connectivity index (χ1n) is 9.49. The summed E-state index contributed by atoms with van der Waals surface area (Å²) in [6.07, 6.45) is 2.48. The lowest BCUT2D eigenvalue weighted by Gasteiger charge is -2.05. The van der Waals surface area contributed by atoms with Gasteiger partial charge in [0.25, 0.3) is 5.91 Å². The zero-order valence-corrected chi connectivity index (χ0v) is 18.5. The van der Waals surface area contributed by atoms with E-state index in [-0.39, 0.29) is 12.5 Å². The average Bonchev–Trinajstić information content (AvgIpc) is 3.38. The van der Waals surface area contributed by atoms with E-state index < -0.39 is 0 Å². The Morgan fingerprint density at radius 3 is 2.71 bits per heavy atom. The first kappa shape index (κ1) is 21.0. The molecule has 4 aromatic rings. The van der Waals surface area contributed by atoms with Crippen LogP contribution in [-0.2, 0) is 13.0 Å². The number of nitrogens with one attached hydrogen (secondary N) is 1. The summed E-state index contributed by atoms with van der Waals surface area (Å²) in [5, 5.41) is 7.90. The van der Waals surface area contributed by atoms with Crippen molar-refractivity contribution in [2.45, 2.75) is 26.9 Å². The third kappa shape index (κ3) is 5.48. The molecule has 158 valence electrons. The molecule has 31 heavy (non-hydrogen) atoms. The summed E-state index contributed by atoms with van der Waals surface area (Å²) in [6, 6.07) is 12.8. The molecule has 0 bridgehead atoms. The van der Waals surface area contributed by atoms with E-state index in [9.17, 15) is 4.79 Å². The molecule has 1 amide bonds. The number of hydrogen-bond acceptors (Lipinski definition) is 7. The van der Waals surface area contributed by atoms with Gasteiger partial charge in [-0.2, -0.15) is 4.98 Å². The highest BCUT2D eigenvalue weighted by Crippen LogP contribution is 2.24. The van der Waals surface area contributed by atoms with E-state index in [4.69, 9.17) is 20.9 Å². The average molecular weight is 455 g/mol. The molecule has 1 N–H and O–H groups in total. The van der Waals surface area contributed by atoms with Crippen molar-refractivity contribution in [3.8, 4) is 5.75 Å². The second kappa shape index (κ2) is 9.28. The van der Waals surface area contributed by atoms with Crippen molar-refractivity contribution in [3.63, 3.8) is 0 Å². The number of carbonyl (C=O) groups excluding carboxylic acids is 1. The number of thiazole rings is 1. The summed E-state index contributed by atoms with van der Waals surface area (Å²) in [5.74, 6) is 1.32. The quantitative estimate of drug-likeness (QED) is 0.411. The van der Waals surface area contributed by atoms with E-state index in [1.807, 2.05) is 25.1 Å². The smallest absolute Gasteiger partial charge is 0.257 e. The van der Waals surface area contributed by atoms with Crippen LogP contribution >= 0.6 is 22.9 Å².